The number of hydrogen-bond donors (Lipinski definition) is 2. The van der Waals surface area contributed by atoms with Crippen LogP contribution in [0.4, 0.5) is 5.69 Å². The van der Waals surface area contributed by atoms with E-state index < -0.39 is 0 Å². The average Bonchev–Trinajstić information content (AvgIpc) is 2.54. The number of hydrogen-bond acceptors (Lipinski definition) is 4. The van der Waals surface area contributed by atoms with Crippen molar-refractivity contribution in [2.24, 2.45) is 0 Å². The summed E-state index contributed by atoms with van der Waals surface area (Å²) in [6.45, 7) is 6.36. The predicted molar refractivity (Wildman–Crippen MR) is 97.6 cm³/mol. The summed E-state index contributed by atoms with van der Waals surface area (Å²) in [6.07, 6.45) is 3.22. The van der Waals surface area contributed by atoms with Gasteiger partial charge in [0.2, 0.25) is 0 Å². The number of ether oxygens (including phenoxy) is 1. The first-order valence-corrected chi connectivity index (χ1v) is 8.00. The van der Waals surface area contributed by atoms with Crippen molar-refractivity contribution in [3.05, 3.63) is 59.2 Å². The van der Waals surface area contributed by atoms with E-state index in [1.165, 1.54) is 6.08 Å². The van der Waals surface area contributed by atoms with Crippen molar-refractivity contribution in [1.82, 2.24) is 0 Å². The van der Waals surface area contributed by atoms with Crippen LogP contribution in [0.5, 0.6) is 11.5 Å². The maximum atomic E-state index is 12.3. The van der Waals surface area contributed by atoms with Crippen molar-refractivity contribution in [2.75, 3.05) is 12.3 Å². The molecule has 0 fully saturated rings. The van der Waals surface area contributed by atoms with Crippen molar-refractivity contribution in [3.63, 3.8) is 0 Å². The molecule has 0 spiro atoms. The second-order valence-electron chi connectivity index (χ2n) is 5.86. The minimum absolute atomic E-state index is 0.114. The third kappa shape index (κ3) is 4.16. The number of carbonyl (C=O) groups is 1. The summed E-state index contributed by atoms with van der Waals surface area (Å²) in [5.41, 5.74) is 8.41. The number of ketones is 1. The summed E-state index contributed by atoms with van der Waals surface area (Å²) in [7, 11) is 0. The van der Waals surface area contributed by atoms with Crippen LogP contribution in [-0.2, 0) is 0 Å². The molecule has 0 unspecified atom stereocenters. The van der Waals surface area contributed by atoms with Gasteiger partial charge in [-0.1, -0.05) is 13.8 Å². The standard InChI is InChI=1S/C20H23NO3/c1-4-24-20-12-19(23)17(13(2)3)11-15(20)7-10-18(22)14-5-8-16(21)9-6-14/h5-13,23H,4,21H2,1-3H3/b10-7+. The Hall–Kier alpha value is -2.75. The molecule has 0 aliphatic carbocycles. The maximum Gasteiger partial charge on any atom is 0.185 e. The molecule has 0 radical (unpaired) electrons. The van der Waals surface area contributed by atoms with E-state index in [1.54, 1.807) is 36.4 Å². The number of allylic oxidation sites excluding steroid dienone is 1. The van der Waals surface area contributed by atoms with Gasteiger partial charge < -0.3 is 15.6 Å². The van der Waals surface area contributed by atoms with Crippen molar-refractivity contribution < 1.29 is 14.6 Å². The van der Waals surface area contributed by atoms with Gasteiger partial charge in [-0.2, -0.15) is 0 Å². The number of benzene rings is 2. The van der Waals surface area contributed by atoms with Crippen LogP contribution >= 0.6 is 0 Å². The highest BCUT2D eigenvalue weighted by Crippen LogP contribution is 2.33. The second-order valence-corrected chi connectivity index (χ2v) is 5.86. The summed E-state index contributed by atoms with van der Waals surface area (Å²) >= 11 is 0. The minimum atomic E-state index is -0.114. The van der Waals surface area contributed by atoms with Gasteiger partial charge in [0, 0.05) is 22.9 Å². The van der Waals surface area contributed by atoms with Crippen molar-refractivity contribution >= 4 is 17.5 Å². The van der Waals surface area contributed by atoms with E-state index in [4.69, 9.17) is 10.5 Å². The monoisotopic (exact) mass is 325 g/mol. The van der Waals surface area contributed by atoms with Crippen molar-refractivity contribution in [2.45, 2.75) is 26.7 Å². The minimum Gasteiger partial charge on any atom is -0.508 e. The molecular formula is C20H23NO3. The Morgan fingerprint density at radius 1 is 1.25 bits per heavy atom. The van der Waals surface area contributed by atoms with Gasteiger partial charge in [-0.3, -0.25) is 4.79 Å². The van der Waals surface area contributed by atoms with E-state index >= 15 is 0 Å². The van der Waals surface area contributed by atoms with E-state index in [2.05, 4.69) is 0 Å². The summed E-state index contributed by atoms with van der Waals surface area (Å²) in [6, 6.07) is 10.3. The number of phenols is 1. The van der Waals surface area contributed by atoms with Crippen LogP contribution in [0.25, 0.3) is 6.08 Å². The first-order chi connectivity index (χ1) is 11.4. The van der Waals surface area contributed by atoms with Gasteiger partial charge in [0.1, 0.15) is 11.5 Å². The molecule has 24 heavy (non-hydrogen) atoms. The lowest BCUT2D eigenvalue weighted by atomic mass is 9.98. The lowest BCUT2D eigenvalue weighted by Gasteiger charge is -2.14. The number of rotatable bonds is 6. The highest BCUT2D eigenvalue weighted by Gasteiger charge is 2.12. The van der Waals surface area contributed by atoms with Gasteiger partial charge in [-0.05, 0) is 60.9 Å². The van der Waals surface area contributed by atoms with E-state index in [0.29, 0.717) is 23.6 Å². The van der Waals surface area contributed by atoms with Gasteiger partial charge in [0.25, 0.3) is 0 Å². The third-order valence-electron chi connectivity index (χ3n) is 3.69. The highest BCUT2D eigenvalue weighted by molar-refractivity contribution is 6.07. The van der Waals surface area contributed by atoms with E-state index in [9.17, 15) is 9.90 Å². The van der Waals surface area contributed by atoms with Crippen LogP contribution in [0.2, 0.25) is 0 Å². The molecule has 0 bridgehead atoms. The molecular weight excluding hydrogens is 302 g/mol. The zero-order chi connectivity index (χ0) is 17.7. The number of nitrogen functional groups attached to an aromatic ring is 1. The maximum absolute atomic E-state index is 12.3. The number of phenolic OH excluding ortho intramolecular Hbond substituents is 1. The highest BCUT2D eigenvalue weighted by atomic mass is 16.5. The van der Waals surface area contributed by atoms with E-state index in [-0.39, 0.29) is 17.5 Å². The molecule has 0 saturated carbocycles. The molecule has 4 heteroatoms. The van der Waals surface area contributed by atoms with Crippen molar-refractivity contribution in [1.29, 1.82) is 0 Å². The zero-order valence-electron chi connectivity index (χ0n) is 14.2. The Kier molecular flexibility index (Phi) is 5.64. The number of carbonyl (C=O) groups excluding carboxylic acids is 1. The fourth-order valence-corrected chi connectivity index (χ4v) is 2.39. The Morgan fingerprint density at radius 2 is 1.92 bits per heavy atom. The summed E-state index contributed by atoms with van der Waals surface area (Å²) in [4.78, 5) is 12.3. The predicted octanol–water partition coefficient (Wildman–Crippen LogP) is 4.39. The molecule has 0 aliphatic heterocycles. The Bertz CT molecular complexity index is 746. The van der Waals surface area contributed by atoms with Crippen molar-refractivity contribution in [3.8, 4) is 11.5 Å². The van der Waals surface area contributed by atoms with E-state index in [1.807, 2.05) is 26.8 Å². The molecule has 3 N–H and O–H groups in total. The van der Waals surface area contributed by atoms with Crippen LogP contribution in [0.15, 0.2) is 42.5 Å². The number of anilines is 1. The van der Waals surface area contributed by atoms with E-state index in [0.717, 1.165) is 11.1 Å². The fraction of sp³-hybridized carbons (Fsp3) is 0.250. The van der Waals surface area contributed by atoms with Crippen LogP contribution in [-0.4, -0.2) is 17.5 Å². The first kappa shape index (κ1) is 17.6. The Balaban J connectivity index is 2.34. The zero-order valence-corrected chi connectivity index (χ0v) is 14.2. The van der Waals surface area contributed by atoms with Gasteiger partial charge >= 0.3 is 0 Å². The first-order valence-electron chi connectivity index (χ1n) is 8.00. The molecule has 0 aromatic heterocycles. The summed E-state index contributed by atoms with van der Waals surface area (Å²) in [5, 5.41) is 10.1. The molecule has 0 atom stereocenters. The smallest absolute Gasteiger partial charge is 0.185 e. The molecule has 0 heterocycles. The average molecular weight is 325 g/mol. The lowest BCUT2D eigenvalue weighted by molar-refractivity contribution is 0.104. The molecule has 2 aromatic carbocycles. The fourth-order valence-electron chi connectivity index (χ4n) is 2.39. The van der Waals surface area contributed by atoms with Gasteiger partial charge in [0.15, 0.2) is 5.78 Å². The number of nitrogens with two attached hydrogens (primary N) is 1. The van der Waals surface area contributed by atoms with Crippen LogP contribution < -0.4 is 10.5 Å². The van der Waals surface area contributed by atoms with Gasteiger partial charge in [-0.25, -0.2) is 0 Å². The van der Waals surface area contributed by atoms with Crippen LogP contribution in [0, 0.1) is 0 Å². The molecule has 2 rings (SSSR count). The normalized spacial score (nSPS) is 11.2. The largest absolute Gasteiger partial charge is 0.508 e. The van der Waals surface area contributed by atoms with Gasteiger partial charge in [0.05, 0.1) is 6.61 Å². The van der Waals surface area contributed by atoms with Crippen LogP contribution in [0.1, 0.15) is 48.2 Å². The molecule has 4 nitrogen and oxygen atoms in total. The Morgan fingerprint density at radius 3 is 2.50 bits per heavy atom. The number of aromatic hydroxyl groups is 1. The lowest BCUT2D eigenvalue weighted by Crippen LogP contribution is -1.98. The summed E-state index contributed by atoms with van der Waals surface area (Å²) < 4.78 is 5.57. The molecule has 0 amide bonds. The van der Waals surface area contributed by atoms with Gasteiger partial charge in [-0.15, -0.1) is 0 Å². The van der Waals surface area contributed by atoms with Crippen LogP contribution in [0.3, 0.4) is 0 Å². The molecule has 126 valence electrons. The molecule has 0 saturated heterocycles. The molecule has 2 aromatic rings. The SMILES string of the molecule is CCOc1cc(O)c(C(C)C)cc1/C=C/C(=O)c1ccc(N)cc1. The quantitative estimate of drug-likeness (QED) is 0.469. The topological polar surface area (TPSA) is 72.5 Å². The Labute approximate surface area is 142 Å². The second kappa shape index (κ2) is 7.68. The summed E-state index contributed by atoms with van der Waals surface area (Å²) in [5.74, 6) is 0.813. The molecule has 0 aliphatic rings. The third-order valence-corrected chi connectivity index (χ3v) is 3.69.